The lowest BCUT2D eigenvalue weighted by atomic mass is 10.1. The summed E-state index contributed by atoms with van der Waals surface area (Å²) >= 11 is 0. The molecule has 0 spiro atoms. The van der Waals surface area contributed by atoms with Gasteiger partial charge in [0.2, 0.25) is 0 Å². The van der Waals surface area contributed by atoms with Crippen LogP contribution in [-0.4, -0.2) is 31.5 Å². The molecule has 0 fully saturated rings. The van der Waals surface area contributed by atoms with Crippen molar-refractivity contribution in [2.75, 3.05) is 20.3 Å². The number of rotatable bonds is 7. The van der Waals surface area contributed by atoms with E-state index in [0.29, 0.717) is 13.0 Å². The molecule has 0 heterocycles. The molecule has 1 aromatic rings. The van der Waals surface area contributed by atoms with Crippen molar-refractivity contribution in [3.63, 3.8) is 0 Å². The van der Waals surface area contributed by atoms with E-state index in [-0.39, 0.29) is 12.7 Å². The van der Waals surface area contributed by atoms with E-state index in [0.717, 1.165) is 11.3 Å². The van der Waals surface area contributed by atoms with Crippen LogP contribution in [0.2, 0.25) is 0 Å². The molecule has 1 atom stereocenters. The third-order valence-electron chi connectivity index (χ3n) is 2.28. The molecule has 16 heavy (non-hydrogen) atoms. The van der Waals surface area contributed by atoms with Crippen molar-refractivity contribution in [3.8, 4) is 5.75 Å². The maximum absolute atomic E-state index is 9.13. The molecule has 0 saturated carbocycles. The van der Waals surface area contributed by atoms with Gasteiger partial charge in [-0.2, -0.15) is 0 Å². The number of ether oxygens (including phenoxy) is 2. The van der Waals surface area contributed by atoms with Gasteiger partial charge in [-0.25, -0.2) is 0 Å². The van der Waals surface area contributed by atoms with Crippen LogP contribution in [0.4, 0.5) is 0 Å². The van der Waals surface area contributed by atoms with E-state index in [1.807, 2.05) is 24.3 Å². The minimum Gasteiger partial charge on any atom is -0.497 e. The molecule has 0 unspecified atom stereocenters. The molecule has 1 rings (SSSR count). The second kappa shape index (κ2) is 7.04. The molecule has 0 aliphatic carbocycles. The first-order chi connectivity index (χ1) is 7.80. The van der Waals surface area contributed by atoms with E-state index < -0.39 is 0 Å². The summed E-state index contributed by atoms with van der Waals surface area (Å²) in [4.78, 5) is 0. The second-order valence-electron chi connectivity index (χ2n) is 3.48. The lowest BCUT2D eigenvalue weighted by Crippen LogP contribution is -2.20. The van der Waals surface area contributed by atoms with Gasteiger partial charge in [0, 0.05) is 6.42 Å². The first-order valence-corrected chi connectivity index (χ1v) is 5.26. The molecule has 0 radical (unpaired) electrons. The van der Waals surface area contributed by atoms with Crippen molar-refractivity contribution >= 4 is 0 Å². The Morgan fingerprint density at radius 1 is 1.38 bits per heavy atom. The van der Waals surface area contributed by atoms with Gasteiger partial charge in [-0.3, -0.25) is 0 Å². The van der Waals surface area contributed by atoms with Crippen LogP contribution in [0.15, 0.2) is 36.9 Å². The molecule has 0 bridgehead atoms. The molecule has 1 aromatic carbocycles. The first kappa shape index (κ1) is 12.7. The Bertz CT molecular complexity index is 305. The fraction of sp³-hybridized carbons (Fsp3) is 0.385. The van der Waals surface area contributed by atoms with Crippen LogP contribution < -0.4 is 4.74 Å². The number of aliphatic hydroxyl groups excluding tert-OH is 1. The highest BCUT2D eigenvalue weighted by atomic mass is 16.5. The fourth-order valence-corrected chi connectivity index (χ4v) is 1.40. The van der Waals surface area contributed by atoms with Gasteiger partial charge in [0.15, 0.2) is 0 Å². The maximum atomic E-state index is 9.13. The zero-order chi connectivity index (χ0) is 11.8. The lowest BCUT2D eigenvalue weighted by molar-refractivity contribution is 0.0291. The molecule has 0 saturated heterocycles. The van der Waals surface area contributed by atoms with Crippen molar-refractivity contribution < 1.29 is 14.6 Å². The van der Waals surface area contributed by atoms with E-state index in [2.05, 4.69) is 6.58 Å². The van der Waals surface area contributed by atoms with Crippen molar-refractivity contribution in [2.45, 2.75) is 12.5 Å². The molecule has 3 heteroatoms. The number of methoxy groups -OCH3 is 1. The Balaban J connectivity index is 2.52. The summed E-state index contributed by atoms with van der Waals surface area (Å²) in [6.45, 7) is 4.05. The second-order valence-corrected chi connectivity index (χ2v) is 3.48. The summed E-state index contributed by atoms with van der Waals surface area (Å²) in [6.07, 6.45) is 2.19. The predicted molar refractivity (Wildman–Crippen MR) is 63.7 cm³/mol. The Hall–Kier alpha value is -1.32. The molecule has 3 nitrogen and oxygen atoms in total. The molecule has 0 amide bonds. The normalized spacial score (nSPS) is 12.1. The van der Waals surface area contributed by atoms with Crippen LogP contribution in [0.25, 0.3) is 0 Å². The van der Waals surface area contributed by atoms with Crippen LogP contribution in [0.3, 0.4) is 0 Å². The quantitative estimate of drug-likeness (QED) is 0.715. The average Bonchev–Trinajstić information content (AvgIpc) is 2.35. The van der Waals surface area contributed by atoms with Crippen LogP contribution in [0.5, 0.6) is 5.75 Å². The zero-order valence-electron chi connectivity index (χ0n) is 9.56. The van der Waals surface area contributed by atoms with Crippen molar-refractivity contribution in [1.82, 2.24) is 0 Å². The van der Waals surface area contributed by atoms with Gasteiger partial charge < -0.3 is 14.6 Å². The van der Waals surface area contributed by atoms with E-state index in [9.17, 15) is 0 Å². The molecular weight excluding hydrogens is 204 g/mol. The van der Waals surface area contributed by atoms with E-state index in [4.69, 9.17) is 14.6 Å². The van der Waals surface area contributed by atoms with Gasteiger partial charge in [0.05, 0.1) is 26.4 Å². The SMILES string of the molecule is C=CCO[C@H](CO)Cc1ccc(OC)cc1. The lowest BCUT2D eigenvalue weighted by Gasteiger charge is -2.14. The average molecular weight is 222 g/mol. The number of aliphatic hydroxyl groups is 1. The van der Waals surface area contributed by atoms with Gasteiger partial charge in [-0.05, 0) is 17.7 Å². The fourth-order valence-electron chi connectivity index (χ4n) is 1.40. The van der Waals surface area contributed by atoms with Crippen molar-refractivity contribution in [1.29, 1.82) is 0 Å². The Kier molecular flexibility index (Phi) is 5.61. The van der Waals surface area contributed by atoms with Gasteiger partial charge in [-0.15, -0.1) is 6.58 Å². The zero-order valence-corrected chi connectivity index (χ0v) is 9.56. The summed E-state index contributed by atoms with van der Waals surface area (Å²) < 4.78 is 10.5. The minimum atomic E-state index is -0.175. The predicted octanol–water partition coefficient (Wildman–Crippen LogP) is 1.80. The first-order valence-electron chi connectivity index (χ1n) is 5.26. The standard InChI is InChI=1S/C13H18O3/c1-3-8-16-13(10-14)9-11-4-6-12(15-2)7-5-11/h3-7,13-14H,1,8-10H2,2H3/t13-/m0/s1. The number of hydrogen-bond donors (Lipinski definition) is 1. The Labute approximate surface area is 96.3 Å². The molecule has 0 aromatic heterocycles. The van der Waals surface area contributed by atoms with E-state index >= 15 is 0 Å². The monoisotopic (exact) mass is 222 g/mol. The van der Waals surface area contributed by atoms with Crippen molar-refractivity contribution in [2.24, 2.45) is 0 Å². The molecule has 0 aliphatic heterocycles. The van der Waals surface area contributed by atoms with Crippen LogP contribution in [-0.2, 0) is 11.2 Å². The molecule has 88 valence electrons. The van der Waals surface area contributed by atoms with Crippen LogP contribution in [0, 0.1) is 0 Å². The molecule has 1 N–H and O–H groups in total. The Morgan fingerprint density at radius 2 is 2.06 bits per heavy atom. The maximum Gasteiger partial charge on any atom is 0.118 e. The third kappa shape index (κ3) is 4.04. The smallest absolute Gasteiger partial charge is 0.118 e. The van der Waals surface area contributed by atoms with E-state index in [1.165, 1.54) is 0 Å². The highest BCUT2D eigenvalue weighted by Gasteiger charge is 2.08. The molecular formula is C13H18O3. The summed E-state index contributed by atoms with van der Waals surface area (Å²) in [5.41, 5.74) is 1.11. The van der Waals surface area contributed by atoms with Gasteiger partial charge >= 0.3 is 0 Å². The topological polar surface area (TPSA) is 38.7 Å². The minimum absolute atomic E-state index is 0.0138. The van der Waals surface area contributed by atoms with Gasteiger partial charge in [-0.1, -0.05) is 18.2 Å². The highest BCUT2D eigenvalue weighted by molar-refractivity contribution is 5.27. The van der Waals surface area contributed by atoms with Crippen molar-refractivity contribution in [3.05, 3.63) is 42.5 Å². The highest BCUT2D eigenvalue weighted by Crippen LogP contribution is 2.13. The van der Waals surface area contributed by atoms with Gasteiger partial charge in [0.1, 0.15) is 5.75 Å². The summed E-state index contributed by atoms with van der Waals surface area (Å²) in [7, 11) is 1.64. The van der Waals surface area contributed by atoms with Gasteiger partial charge in [0.25, 0.3) is 0 Å². The summed E-state index contributed by atoms with van der Waals surface area (Å²) in [5, 5.41) is 9.13. The summed E-state index contributed by atoms with van der Waals surface area (Å²) in [5.74, 6) is 0.830. The third-order valence-corrected chi connectivity index (χ3v) is 2.28. The largest absolute Gasteiger partial charge is 0.497 e. The summed E-state index contributed by atoms with van der Waals surface area (Å²) in [6, 6.07) is 7.74. The van der Waals surface area contributed by atoms with Crippen LogP contribution in [0.1, 0.15) is 5.56 Å². The molecule has 0 aliphatic rings. The van der Waals surface area contributed by atoms with Crippen LogP contribution >= 0.6 is 0 Å². The Morgan fingerprint density at radius 3 is 2.56 bits per heavy atom. The van der Waals surface area contributed by atoms with E-state index in [1.54, 1.807) is 13.2 Å². The number of benzene rings is 1. The number of hydrogen-bond acceptors (Lipinski definition) is 3.